The minimum atomic E-state index is -0.199. The SMILES string of the molecule is CC(=O)c1ccn(C(=O)N2CCN(Cc3ccc(N4CCOCC4)cc3Cl)CC2)n1. The minimum absolute atomic E-state index is 0.150. The number of halogens is 1. The topological polar surface area (TPSA) is 70.9 Å². The first kappa shape index (κ1) is 20.8. The summed E-state index contributed by atoms with van der Waals surface area (Å²) in [7, 11) is 0. The Balaban J connectivity index is 1.32. The van der Waals surface area contributed by atoms with E-state index in [1.54, 1.807) is 17.2 Å². The van der Waals surface area contributed by atoms with Crippen LogP contribution in [-0.4, -0.2) is 83.9 Å². The van der Waals surface area contributed by atoms with Crippen LogP contribution < -0.4 is 4.90 Å². The fourth-order valence-electron chi connectivity index (χ4n) is 3.78. The van der Waals surface area contributed by atoms with Crippen molar-refractivity contribution < 1.29 is 14.3 Å². The standard InChI is InChI=1S/C21H26ClN5O3/c1-16(28)20-4-5-27(23-20)21(29)26-8-6-24(7-9-26)15-17-2-3-18(14-19(17)22)25-10-12-30-13-11-25/h2-5,14H,6-13,15H2,1H3. The van der Waals surface area contributed by atoms with Crippen molar-refractivity contribution in [2.75, 3.05) is 57.4 Å². The lowest BCUT2D eigenvalue weighted by Crippen LogP contribution is -2.49. The third-order valence-electron chi connectivity index (χ3n) is 5.60. The highest BCUT2D eigenvalue weighted by Crippen LogP contribution is 2.26. The number of benzene rings is 1. The Labute approximate surface area is 180 Å². The van der Waals surface area contributed by atoms with Gasteiger partial charge >= 0.3 is 6.03 Å². The molecule has 0 atom stereocenters. The van der Waals surface area contributed by atoms with E-state index in [0.717, 1.165) is 62.2 Å². The molecule has 2 saturated heterocycles. The first-order valence-corrected chi connectivity index (χ1v) is 10.6. The monoisotopic (exact) mass is 431 g/mol. The summed E-state index contributed by atoms with van der Waals surface area (Å²) in [5.41, 5.74) is 2.52. The van der Waals surface area contributed by atoms with E-state index in [1.807, 2.05) is 6.07 Å². The lowest BCUT2D eigenvalue weighted by atomic mass is 10.1. The first-order valence-electron chi connectivity index (χ1n) is 10.2. The largest absolute Gasteiger partial charge is 0.378 e. The summed E-state index contributed by atoms with van der Waals surface area (Å²) in [5.74, 6) is -0.150. The molecule has 8 nitrogen and oxygen atoms in total. The molecule has 0 spiro atoms. The number of ketones is 1. The van der Waals surface area contributed by atoms with Crippen LogP contribution in [-0.2, 0) is 11.3 Å². The number of nitrogens with zero attached hydrogens (tertiary/aromatic N) is 5. The molecule has 0 N–H and O–H groups in total. The molecule has 1 aromatic carbocycles. The number of Topliss-reactive ketones (excluding diaryl/α,β-unsaturated/α-hetero) is 1. The minimum Gasteiger partial charge on any atom is -0.378 e. The maximum absolute atomic E-state index is 12.6. The van der Waals surface area contributed by atoms with E-state index in [2.05, 4.69) is 27.0 Å². The van der Waals surface area contributed by atoms with Crippen molar-refractivity contribution >= 4 is 29.1 Å². The van der Waals surface area contributed by atoms with Gasteiger partial charge in [0.15, 0.2) is 5.78 Å². The molecule has 30 heavy (non-hydrogen) atoms. The van der Waals surface area contributed by atoms with Crippen molar-refractivity contribution in [3.8, 4) is 0 Å². The van der Waals surface area contributed by atoms with E-state index in [4.69, 9.17) is 16.3 Å². The molecule has 160 valence electrons. The Morgan fingerprint density at radius 2 is 1.80 bits per heavy atom. The Kier molecular flexibility index (Phi) is 6.36. The molecule has 2 aliphatic rings. The average molecular weight is 432 g/mol. The quantitative estimate of drug-likeness (QED) is 0.692. The number of hydrogen-bond acceptors (Lipinski definition) is 6. The van der Waals surface area contributed by atoms with Crippen LogP contribution in [0.2, 0.25) is 5.02 Å². The number of morpholine rings is 1. The van der Waals surface area contributed by atoms with Crippen LogP contribution in [0.25, 0.3) is 0 Å². The van der Waals surface area contributed by atoms with Gasteiger partial charge in [-0.2, -0.15) is 9.78 Å². The van der Waals surface area contributed by atoms with Crippen molar-refractivity contribution in [2.45, 2.75) is 13.5 Å². The second kappa shape index (κ2) is 9.16. The van der Waals surface area contributed by atoms with E-state index in [1.165, 1.54) is 11.6 Å². The van der Waals surface area contributed by atoms with Gasteiger partial charge in [-0.3, -0.25) is 9.69 Å². The van der Waals surface area contributed by atoms with Gasteiger partial charge in [-0.1, -0.05) is 17.7 Å². The Morgan fingerprint density at radius 3 is 2.43 bits per heavy atom. The third kappa shape index (κ3) is 4.66. The molecule has 1 amide bonds. The van der Waals surface area contributed by atoms with Crippen LogP contribution in [0.4, 0.5) is 10.5 Å². The number of rotatable bonds is 4. The number of anilines is 1. The third-order valence-corrected chi connectivity index (χ3v) is 5.95. The zero-order valence-electron chi connectivity index (χ0n) is 17.1. The predicted molar refractivity (Wildman–Crippen MR) is 114 cm³/mol. The van der Waals surface area contributed by atoms with Crippen LogP contribution in [0.15, 0.2) is 30.5 Å². The highest BCUT2D eigenvalue weighted by Gasteiger charge is 2.24. The zero-order valence-corrected chi connectivity index (χ0v) is 17.8. The zero-order chi connectivity index (χ0) is 21.1. The second-order valence-corrected chi connectivity index (χ2v) is 8.03. The lowest BCUT2D eigenvalue weighted by Gasteiger charge is -2.34. The molecule has 4 rings (SSSR count). The molecule has 0 unspecified atom stereocenters. The second-order valence-electron chi connectivity index (χ2n) is 7.62. The van der Waals surface area contributed by atoms with Gasteiger partial charge in [0.1, 0.15) is 5.69 Å². The van der Waals surface area contributed by atoms with E-state index in [0.29, 0.717) is 18.8 Å². The number of aromatic nitrogens is 2. The highest BCUT2D eigenvalue weighted by atomic mass is 35.5. The molecule has 0 bridgehead atoms. The van der Waals surface area contributed by atoms with Gasteiger partial charge in [-0.05, 0) is 23.8 Å². The van der Waals surface area contributed by atoms with Crippen LogP contribution in [0.1, 0.15) is 23.0 Å². The normalized spacial score (nSPS) is 17.9. The molecular formula is C21H26ClN5O3. The molecule has 2 fully saturated rings. The van der Waals surface area contributed by atoms with Crippen LogP contribution in [0.3, 0.4) is 0 Å². The van der Waals surface area contributed by atoms with Gasteiger partial charge in [0.05, 0.1) is 13.2 Å². The Bertz CT molecular complexity index is 917. The average Bonchev–Trinajstić information content (AvgIpc) is 3.26. The molecule has 0 aliphatic carbocycles. The van der Waals surface area contributed by atoms with Crippen molar-refractivity contribution in [1.82, 2.24) is 19.6 Å². The Hall–Kier alpha value is -2.42. The summed E-state index contributed by atoms with van der Waals surface area (Å²) in [6.07, 6.45) is 1.54. The van der Waals surface area contributed by atoms with E-state index in [9.17, 15) is 9.59 Å². The van der Waals surface area contributed by atoms with Crippen molar-refractivity contribution in [1.29, 1.82) is 0 Å². The molecule has 2 aliphatic heterocycles. The van der Waals surface area contributed by atoms with Gasteiger partial charge in [0, 0.05) is 69.6 Å². The molecule has 0 saturated carbocycles. The maximum atomic E-state index is 12.6. The molecule has 9 heteroatoms. The van der Waals surface area contributed by atoms with Crippen molar-refractivity contribution in [2.24, 2.45) is 0 Å². The smallest absolute Gasteiger partial charge is 0.344 e. The fourth-order valence-corrected chi connectivity index (χ4v) is 4.02. The molecule has 3 heterocycles. The number of piperazine rings is 1. The number of amides is 1. The Morgan fingerprint density at radius 1 is 1.07 bits per heavy atom. The van der Waals surface area contributed by atoms with E-state index >= 15 is 0 Å². The predicted octanol–water partition coefficient (Wildman–Crippen LogP) is 2.36. The highest BCUT2D eigenvalue weighted by molar-refractivity contribution is 6.31. The van der Waals surface area contributed by atoms with Gasteiger partial charge in [0.25, 0.3) is 0 Å². The fraction of sp³-hybridized carbons (Fsp3) is 0.476. The van der Waals surface area contributed by atoms with E-state index < -0.39 is 0 Å². The van der Waals surface area contributed by atoms with Crippen LogP contribution in [0, 0.1) is 0 Å². The summed E-state index contributed by atoms with van der Waals surface area (Å²) >= 11 is 6.57. The van der Waals surface area contributed by atoms with Gasteiger partial charge in [-0.25, -0.2) is 4.79 Å². The molecule has 0 radical (unpaired) electrons. The summed E-state index contributed by atoms with van der Waals surface area (Å²) in [5, 5.41) is 4.83. The summed E-state index contributed by atoms with van der Waals surface area (Å²) in [4.78, 5) is 30.3. The molecule has 1 aromatic heterocycles. The van der Waals surface area contributed by atoms with Crippen molar-refractivity contribution in [3.05, 3.63) is 46.7 Å². The number of carbonyl (C=O) groups is 2. The van der Waals surface area contributed by atoms with Gasteiger partial charge in [-0.15, -0.1) is 0 Å². The van der Waals surface area contributed by atoms with Crippen LogP contribution >= 0.6 is 11.6 Å². The summed E-state index contributed by atoms with van der Waals surface area (Å²) < 4.78 is 6.65. The van der Waals surface area contributed by atoms with Crippen LogP contribution in [0.5, 0.6) is 0 Å². The van der Waals surface area contributed by atoms with Gasteiger partial charge < -0.3 is 14.5 Å². The lowest BCUT2D eigenvalue weighted by molar-refractivity contribution is 0.101. The number of carbonyl (C=O) groups excluding carboxylic acids is 2. The molecular weight excluding hydrogens is 406 g/mol. The van der Waals surface area contributed by atoms with E-state index in [-0.39, 0.29) is 11.8 Å². The maximum Gasteiger partial charge on any atom is 0.344 e. The number of hydrogen-bond donors (Lipinski definition) is 0. The summed E-state index contributed by atoms with van der Waals surface area (Å²) in [6, 6.07) is 7.62. The van der Waals surface area contributed by atoms with Gasteiger partial charge in [0.2, 0.25) is 0 Å². The van der Waals surface area contributed by atoms with Crippen molar-refractivity contribution in [3.63, 3.8) is 0 Å². The summed E-state index contributed by atoms with van der Waals surface area (Å²) in [6.45, 7) is 8.19. The first-order chi connectivity index (χ1) is 14.5. The molecule has 2 aromatic rings. The number of ether oxygens (including phenoxy) is 1.